The van der Waals surface area contributed by atoms with E-state index in [0.717, 1.165) is 18.7 Å². The van der Waals surface area contributed by atoms with Crippen molar-refractivity contribution < 1.29 is 4.39 Å². The van der Waals surface area contributed by atoms with Gasteiger partial charge in [-0.05, 0) is 25.5 Å². The Morgan fingerprint density at radius 2 is 2.57 bits per heavy atom. The Morgan fingerprint density at radius 3 is 3.14 bits per heavy atom. The van der Waals surface area contributed by atoms with E-state index in [1.54, 1.807) is 4.68 Å². The van der Waals surface area contributed by atoms with Gasteiger partial charge in [0, 0.05) is 26.2 Å². The number of nitrogens with zero attached hydrogens (tertiary/aromatic N) is 2. The second-order valence-corrected chi connectivity index (χ2v) is 4.09. The summed E-state index contributed by atoms with van der Waals surface area (Å²) in [4.78, 5) is 0. The first-order chi connectivity index (χ1) is 6.68. The highest BCUT2D eigenvalue weighted by molar-refractivity contribution is 5.05. The molecule has 0 aromatic carbocycles. The van der Waals surface area contributed by atoms with Gasteiger partial charge in [-0.1, -0.05) is 0 Å². The van der Waals surface area contributed by atoms with Crippen LogP contribution >= 0.6 is 0 Å². The van der Waals surface area contributed by atoms with Gasteiger partial charge >= 0.3 is 0 Å². The van der Waals surface area contributed by atoms with Gasteiger partial charge in [0.1, 0.15) is 5.67 Å². The van der Waals surface area contributed by atoms with E-state index in [1.807, 2.05) is 19.3 Å². The summed E-state index contributed by atoms with van der Waals surface area (Å²) in [5.74, 6) is 0. The standard InChI is InChI=1S/C10H16FN3/c1-14-6-3-9(13-14)7-10(11)4-2-5-12-8-10/h3,6,12H,2,4-5,7-8H2,1H3. The molecule has 0 amide bonds. The summed E-state index contributed by atoms with van der Waals surface area (Å²) in [5, 5.41) is 7.29. The number of hydrogen-bond donors (Lipinski definition) is 1. The zero-order chi connectivity index (χ0) is 10.0. The molecule has 14 heavy (non-hydrogen) atoms. The number of hydrogen-bond acceptors (Lipinski definition) is 2. The Bertz CT molecular complexity index is 302. The summed E-state index contributed by atoms with van der Waals surface area (Å²) in [5.41, 5.74) is -0.245. The quantitative estimate of drug-likeness (QED) is 0.768. The normalized spacial score (nSPS) is 27.9. The van der Waals surface area contributed by atoms with Crippen molar-refractivity contribution in [3.8, 4) is 0 Å². The highest BCUT2D eigenvalue weighted by Gasteiger charge is 2.32. The van der Waals surface area contributed by atoms with Gasteiger partial charge in [-0.15, -0.1) is 0 Å². The lowest BCUT2D eigenvalue weighted by atomic mass is 9.91. The van der Waals surface area contributed by atoms with Crippen LogP contribution in [0.25, 0.3) is 0 Å². The molecular formula is C10H16FN3. The molecule has 0 aliphatic carbocycles. The van der Waals surface area contributed by atoms with Crippen LogP contribution in [0.3, 0.4) is 0 Å². The Hall–Kier alpha value is -0.900. The summed E-state index contributed by atoms with van der Waals surface area (Å²) >= 11 is 0. The molecule has 1 unspecified atom stereocenters. The molecule has 1 aromatic rings. The fraction of sp³-hybridized carbons (Fsp3) is 0.700. The summed E-state index contributed by atoms with van der Waals surface area (Å²) < 4.78 is 15.9. The molecule has 0 radical (unpaired) electrons. The Kier molecular flexibility index (Phi) is 2.54. The number of halogens is 1. The molecule has 1 saturated heterocycles. The van der Waals surface area contributed by atoms with E-state index in [4.69, 9.17) is 0 Å². The SMILES string of the molecule is Cn1ccc(CC2(F)CCCNC2)n1. The Morgan fingerprint density at radius 1 is 1.71 bits per heavy atom. The Labute approximate surface area is 83.3 Å². The van der Waals surface area contributed by atoms with Crippen molar-refractivity contribution in [3.63, 3.8) is 0 Å². The summed E-state index contributed by atoms with van der Waals surface area (Å²) in [6.45, 7) is 1.40. The third-order valence-corrected chi connectivity index (χ3v) is 2.69. The molecule has 1 atom stereocenters. The van der Waals surface area contributed by atoms with Gasteiger partial charge in [0.15, 0.2) is 0 Å². The fourth-order valence-corrected chi connectivity index (χ4v) is 1.96. The van der Waals surface area contributed by atoms with E-state index in [2.05, 4.69) is 10.4 Å². The number of piperidine rings is 1. The summed E-state index contributed by atoms with van der Waals surface area (Å²) in [7, 11) is 1.85. The smallest absolute Gasteiger partial charge is 0.129 e. The Balaban J connectivity index is 2.01. The van der Waals surface area contributed by atoms with Gasteiger partial charge in [0.2, 0.25) is 0 Å². The zero-order valence-electron chi connectivity index (χ0n) is 8.46. The second-order valence-electron chi connectivity index (χ2n) is 4.09. The first kappa shape index (κ1) is 9.65. The van der Waals surface area contributed by atoms with Crippen LogP contribution < -0.4 is 5.32 Å². The van der Waals surface area contributed by atoms with Crippen LogP contribution in [-0.2, 0) is 13.5 Å². The van der Waals surface area contributed by atoms with Crippen LogP contribution in [0.5, 0.6) is 0 Å². The van der Waals surface area contributed by atoms with Gasteiger partial charge in [-0.25, -0.2) is 4.39 Å². The molecule has 2 rings (SSSR count). The lowest BCUT2D eigenvalue weighted by Gasteiger charge is -2.29. The molecule has 0 saturated carbocycles. The average molecular weight is 197 g/mol. The molecule has 0 bridgehead atoms. The molecule has 0 spiro atoms. The van der Waals surface area contributed by atoms with Crippen LogP contribution in [-0.4, -0.2) is 28.5 Å². The molecule has 78 valence electrons. The monoisotopic (exact) mass is 197 g/mol. The number of aryl methyl sites for hydroxylation is 1. The van der Waals surface area contributed by atoms with Gasteiger partial charge in [0.25, 0.3) is 0 Å². The lowest BCUT2D eigenvalue weighted by Crippen LogP contribution is -2.43. The fourth-order valence-electron chi connectivity index (χ4n) is 1.96. The van der Waals surface area contributed by atoms with E-state index >= 15 is 0 Å². The summed E-state index contributed by atoms with van der Waals surface area (Å²) in [6.07, 6.45) is 3.86. The van der Waals surface area contributed by atoms with E-state index < -0.39 is 5.67 Å². The second kappa shape index (κ2) is 3.69. The van der Waals surface area contributed by atoms with Crippen molar-refractivity contribution in [2.24, 2.45) is 7.05 Å². The molecule has 4 heteroatoms. The molecule has 1 aromatic heterocycles. The predicted molar refractivity (Wildman–Crippen MR) is 52.9 cm³/mol. The average Bonchev–Trinajstić information content (AvgIpc) is 2.51. The number of nitrogens with one attached hydrogen (secondary N) is 1. The van der Waals surface area contributed by atoms with Crippen LogP contribution in [0, 0.1) is 0 Å². The first-order valence-corrected chi connectivity index (χ1v) is 5.06. The highest BCUT2D eigenvalue weighted by Crippen LogP contribution is 2.24. The van der Waals surface area contributed by atoms with Crippen LogP contribution in [0.1, 0.15) is 18.5 Å². The van der Waals surface area contributed by atoms with E-state index in [-0.39, 0.29) is 0 Å². The predicted octanol–water partition coefficient (Wildman–Crippen LogP) is 1.05. The minimum atomic E-state index is -1.09. The van der Waals surface area contributed by atoms with Crippen LogP contribution in [0.4, 0.5) is 4.39 Å². The maximum absolute atomic E-state index is 14.2. The zero-order valence-corrected chi connectivity index (χ0v) is 8.46. The molecule has 2 heterocycles. The summed E-state index contributed by atoms with van der Waals surface area (Å²) in [6, 6.07) is 1.88. The minimum Gasteiger partial charge on any atom is -0.314 e. The van der Waals surface area contributed by atoms with Crippen molar-refractivity contribution in [2.45, 2.75) is 24.9 Å². The van der Waals surface area contributed by atoms with Gasteiger partial charge < -0.3 is 5.32 Å². The number of aromatic nitrogens is 2. The van der Waals surface area contributed by atoms with Gasteiger partial charge in [-0.3, -0.25) is 4.68 Å². The van der Waals surface area contributed by atoms with Crippen molar-refractivity contribution in [3.05, 3.63) is 18.0 Å². The van der Waals surface area contributed by atoms with Crippen LogP contribution in [0.15, 0.2) is 12.3 Å². The molecular weight excluding hydrogens is 181 g/mol. The lowest BCUT2D eigenvalue weighted by molar-refractivity contribution is 0.121. The number of rotatable bonds is 2. The van der Waals surface area contributed by atoms with Crippen LogP contribution in [0.2, 0.25) is 0 Å². The highest BCUT2D eigenvalue weighted by atomic mass is 19.1. The van der Waals surface area contributed by atoms with Crippen molar-refractivity contribution in [1.29, 1.82) is 0 Å². The third-order valence-electron chi connectivity index (χ3n) is 2.69. The van der Waals surface area contributed by atoms with E-state index in [9.17, 15) is 4.39 Å². The van der Waals surface area contributed by atoms with Crippen molar-refractivity contribution in [2.75, 3.05) is 13.1 Å². The van der Waals surface area contributed by atoms with Gasteiger partial charge in [-0.2, -0.15) is 5.10 Å². The maximum atomic E-state index is 14.2. The minimum absolute atomic E-state index is 0.431. The van der Waals surface area contributed by atoms with Gasteiger partial charge in [0.05, 0.1) is 5.69 Å². The van der Waals surface area contributed by atoms with E-state index in [1.165, 1.54) is 0 Å². The largest absolute Gasteiger partial charge is 0.314 e. The molecule has 1 N–H and O–H groups in total. The third kappa shape index (κ3) is 2.12. The molecule has 1 aliphatic heterocycles. The molecule has 3 nitrogen and oxygen atoms in total. The number of alkyl halides is 1. The van der Waals surface area contributed by atoms with Crippen molar-refractivity contribution in [1.82, 2.24) is 15.1 Å². The maximum Gasteiger partial charge on any atom is 0.129 e. The van der Waals surface area contributed by atoms with E-state index in [0.29, 0.717) is 19.4 Å². The molecule has 1 fully saturated rings. The topological polar surface area (TPSA) is 29.9 Å². The first-order valence-electron chi connectivity index (χ1n) is 5.06. The molecule has 1 aliphatic rings. The van der Waals surface area contributed by atoms with Crippen molar-refractivity contribution >= 4 is 0 Å².